The summed E-state index contributed by atoms with van der Waals surface area (Å²) in [5.41, 5.74) is 5.94. The minimum Gasteiger partial charge on any atom is -0.497 e. The van der Waals surface area contributed by atoms with Crippen molar-refractivity contribution in [1.82, 2.24) is 0 Å². The summed E-state index contributed by atoms with van der Waals surface area (Å²) in [5, 5.41) is 10.0. The molecule has 4 heteroatoms. The third kappa shape index (κ3) is 2.13. The number of hydrogen-bond donors (Lipinski definition) is 2. The number of anilines is 1. The standard InChI is InChI=1S/C12H18N2O2/c1-16-11-4-2-10(3-5-11)14-7-6-12(15,8-13)9-14/h2-5,15H,6-9,13H2,1H3. The Morgan fingerprint density at radius 2 is 2.12 bits per heavy atom. The predicted octanol–water partition coefficient (Wildman–Crippen LogP) is 0.595. The highest BCUT2D eigenvalue weighted by atomic mass is 16.5. The van der Waals surface area contributed by atoms with Crippen LogP contribution >= 0.6 is 0 Å². The van der Waals surface area contributed by atoms with Gasteiger partial charge in [0, 0.05) is 25.3 Å². The first-order valence-electron chi connectivity index (χ1n) is 5.48. The lowest BCUT2D eigenvalue weighted by Crippen LogP contribution is -2.40. The van der Waals surface area contributed by atoms with E-state index in [1.807, 2.05) is 24.3 Å². The van der Waals surface area contributed by atoms with Gasteiger partial charge in [0.1, 0.15) is 5.75 Å². The zero-order valence-electron chi connectivity index (χ0n) is 9.52. The lowest BCUT2D eigenvalue weighted by atomic mass is 10.0. The van der Waals surface area contributed by atoms with E-state index in [1.54, 1.807) is 7.11 Å². The Bertz CT molecular complexity index is 353. The number of methoxy groups -OCH3 is 1. The number of β-amino-alcohol motifs (C(OH)–C–C–N with tert-alkyl or cyclic N) is 1. The van der Waals surface area contributed by atoms with Crippen LogP contribution in [0.1, 0.15) is 6.42 Å². The summed E-state index contributed by atoms with van der Waals surface area (Å²) in [6.07, 6.45) is 0.732. The molecule has 2 rings (SSSR count). The van der Waals surface area contributed by atoms with E-state index < -0.39 is 5.60 Å². The van der Waals surface area contributed by atoms with Crippen LogP contribution in [0.4, 0.5) is 5.69 Å². The Labute approximate surface area is 95.6 Å². The monoisotopic (exact) mass is 222 g/mol. The summed E-state index contributed by atoms with van der Waals surface area (Å²) in [6, 6.07) is 7.85. The van der Waals surface area contributed by atoms with Gasteiger partial charge < -0.3 is 20.5 Å². The molecule has 16 heavy (non-hydrogen) atoms. The molecule has 1 heterocycles. The number of ether oxygens (including phenoxy) is 1. The summed E-state index contributed by atoms with van der Waals surface area (Å²) >= 11 is 0. The molecule has 1 unspecified atom stereocenters. The fourth-order valence-electron chi connectivity index (χ4n) is 2.04. The van der Waals surface area contributed by atoms with Crippen LogP contribution in [0.2, 0.25) is 0 Å². The average Bonchev–Trinajstić information content (AvgIpc) is 2.73. The largest absolute Gasteiger partial charge is 0.497 e. The third-order valence-corrected chi connectivity index (χ3v) is 3.15. The number of aliphatic hydroxyl groups is 1. The van der Waals surface area contributed by atoms with Crippen LogP contribution in [-0.4, -0.2) is 37.5 Å². The molecule has 1 aromatic carbocycles. The molecule has 0 aromatic heterocycles. The molecule has 1 fully saturated rings. The first-order chi connectivity index (χ1) is 7.67. The Hall–Kier alpha value is -1.26. The SMILES string of the molecule is COc1ccc(N2CCC(O)(CN)C2)cc1. The highest BCUT2D eigenvalue weighted by Gasteiger charge is 2.34. The molecule has 1 aliphatic heterocycles. The fraction of sp³-hybridized carbons (Fsp3) is 0.500. The normalized spacial score (nSPS) is 24.8. The molecule has 1 saturated heterocycles. The van der Waals surface area contributed by atoms with E-state index in [-0.39, 0.29) is 0 Å². The van der Waals surface area contributed by atoms with Crippen molar-refractivity contribution in [2.24, 2.45) is 5.73 Å². The van der Waals surface area contributed by atoms with Crippen molar-refractivity contribution in [2.75, 3.05) is 31.6 Å². The van der Waals surface area contributed by atoms with Crippen molar-refractivity contribution in [2.45, 2.75) is 12.0 Å². The number of benzene rings is 1. The van der Waals surface area contributed by atoms with Crippen molar-refractivity contribution in [3.8, 4) is 5.75 Å². The minimum absolute atomic E-state index is 0.319. The first kappa shape index (κ1) is 11.2. The summed E-state index contributed by atoms with van der Waals surface area (Å²) < 4.78 is 5.11. The minimum atomic E-state index is -0.722. The van der Waals surface area contributed by atoms with Crippen LogP contribution in [-0.2, 0) is 0 Å². The van der Waals surface area contributed by atoms with Gasteiger partial charge in [0.05, 0.1) is 12.7 Å². The molecule has 3 N–H and O–H groups in total. The Morgan fingerprint density at radius 1 is 1.44 bits per heavy atom. The van der Waals surface area contributed by atoms with Crippen molar-refractivity contribution in [3.05, 3.63) is 24.3 Å². The van der Waals surface area contributed by atoms with Crippen LogP contribution in [0.25, 0.3) is 0 Å². The van der Waals surface area contributed by atoms with Crippen LogP contribution in [0.3, 0.4) is 0 Å². The highest BCUT2D eigenvalue weighted by molar-refractivity contribution is 5.50. The van der Waals surface area contributed by atoms with Gasteiger partial charge in [-0.25, -0.2) is 0 Å². The van der Waals surface area contributed by atoms with Gasteiger partial charge >= 0.3 is 0 Å². The molecule has 88 valence electrons. The smallest absolute Gasteiger partial charge is 0.119 e. The number of nitrogens with two attached hydrogens (primary N) is 1. The summed E-state index contributed by atoms with van der Waals surface area (Å²) in [6.45, 7) is 1.77. The van der Waals surface area contributed by atoms with E-state index in [0.29, 0.717) is 13.1 Å². The van der Waals surface area contributed by atoms with Gasteiger partial charge in [0.15, 0.2) is 0 Å². The second-order valence-corrected chi connectivity index (χ2v) is 4.30. The van der Waals surface area contributed by atoms with E-state index in [2.05, 4.69) is 4.90 Å². The zero-order chi connectivity index (χ0) is 11.6. The molecule has 4 nitrogen and oxygen atoms in total. The predicted molar refractivity (Wildman–Crippen MR) is 63.8 cm³/mol. The molecule has 1 aromatic rings. The third-order valence-electron chi connectivity index (χ3n) is 3.15. The second-order valence-electron chi connectivity index (χ2n) is 4.30. The molecule has 0 aliphatic carbocycles. The molecule has 1 aliphatic rings. The first-order valence-corrected chi connectivity index (χ1v) is 5.48. The van der Waals surface area contributed by atoms with Crippen molar-refractivity contribution in [1.29, 1.82) is 0 Å². The molecule has 1 atom stereocenters. The van der Waals surface area contributed by atoms with E-state index in [9.17, 15) is 5.11 Å². The summed E-state index contributed by atoms with van der Waals surface area (Å²) in [5.74, 6) is 0.844. The van der Waals surface area contributed by atoms with Gasteiger partial charge in [-0.2, -0.15) is 0 Å². The van der Waals surface area contributed by atoms with Gasteiger partial charge in [0.2, 0.25) is 0 Å². The number of rotatable bonds is 3. The molecule has 0 saturated carbocycles. The van der Waals surface area contributed by atoms with Gasteiger partial charge in [-0.05, 0) is 30.7 Å². The maximum atomic E-state index is 10.0. The van der Waals surface area contributed by atoms with Gasteiger partial charge in [-0.1, -0.05) is 0 Å². The van der Waals surface area contributed by atoms with Crippen LogP contribution in [0.15, 0.2) is 24.3 Å². The van der Waals surface area contributed by atoms with E-state index in [0.717, 1.165) is 24.4 Å². The van der Waals surface area contributed by atoms with Gasteiger partial charge in [-0.3, -0.25) is 0 Å². The lowest BCUT2D eigenvalue weighted by Gasteiger charge is -2.22. The maximum absolute atomic E-state index is 10.0. The number of nitrogens with zero attached hydrogens (tertiary/aromatic N) is 1. The van der Waals surface area contributed by atoms with Crippen LogP contribution in [0, 0.1) is 0 Å². The topological polar surface area (TPSA) is 58.7 Å². The molecular formula is C12H18N2O2. The van der Waals surface area contributed by atoms with Crippen molar-refractivity contribution < 1.29 is 9.84 Å². The highest BCUT2D eigenvalue weighted by Crippen LogP contribution is 2.27. The van der Waals surface area contributed by atoms with Crippen molar-refractivity contribution in [3.63, 3.8) is 0 Å². The second kappa shape index (κ2) is 4.31. The van der Waals surface area contributed by atoms with Crippen LogP contribution in [0.5, 0.6) is 5.75 Å². The zero-order valence-corrected chi connectivity index (χ0v) is 9.52. The quantitative estimate of drug-likeness (QED) is 0.786. The van der Waals surface area contributed by atoms with E-state index >= 15 is 0 Å². The Morgan fingerprint density at radius 3 is 2.62 bits per heavy atom. The molecule has 0 amide bonds. The van der Waals surface area contributed by atoms with Crippen LogP contribution < -0.4 is 15.4 Å². The Balaban J connectivity index is 2.08. The van der Waals surface area contributed by atoms with E-state index in [1.165, 1.54) is 0 Å². The molecule has 0 bridgehead atoms. The molecular weight excluding hydrogens is 204 g/mol. The number of hydrogen-bond acceptors (Lipinski definition) is 4. The Kier molecular flexibility index (Phi) is 3.03. The molecule has 0 spiro atoms. The lowest BCUT2D eigenvalue weighted by molar-refractivity contribution is 0.0726. The summed E-state index contributed by atoms with van der Waals surface area (Å²) in [7, 11) is 1.65. The summed E-state index contributed by atoms with van der Waals surface area (Å²) in [4.78, 5) is 2.15. The van der Waals surface area contributed by atoms with Crippen molar-refractivity contribution >= 4 is 5.69 Å². The van der Waals surface area contributed by atoms with Gasteiger partial charge in [0.25, 0.3) is 0 Å². The fourth-order valence-corrected chi connectivity index (χ4v) is 2.04. The molecule has 0 radical (unpaired) electrons. The average molecular weight is 222 g/mol. The van der Waals surface area contributed by atoms with E-state index in [4.69, 9.17) is 10.5 Å². The van der Waals surface area contributed by atoms with Gasteiger partial charge in [-0.15, -0.1) is 0 Å². The maximum Gasteiger partial charge on any atom is 0.119 e.